The van der Waals surface area contributed by atoms with Gasteiger partial charge in [-0.1, -0.05) is 0 Å². The molecule has 1 aromatic heterocycles. The standard InChI is InChI=1S/C16H17FN6O4/c1-21(2)11-7-22(8-11)16(24)20-14-6-15(19-9-18-14)27-13-4-3-10(23(25)26)5-12(13)17/h3-6,9,11H,7-8H2,1-2H3,(H,18,19,20,24). The van der Waals surface area contributed by atoms with Crippen LogP contribution in [0, 0.1) is 15.9 Å². The van der Waals surface area contributed by atoms with Gasteiger partial charge in [-0.2, -0.15) is 0 Å². The van der Waals surface area contributed by atoms with Crippen molar-refractivity contribution in [1.82, 2.24) is 19.8 Å². The van der Waals surface area contributed by atoms with Gasteiger partial charge < -0.3 is 14.5 Å². The number of carbonyl (C=O) groups excluding carboxylic acids is 1. The molecule has 2 heterocycles. The molecule has 2 amide bonds. The molecular formula is C16H17FN6O4. The van der Waals surface area contributed by atoms with Gasteiger partial charge in [0.25, 0.3) is 5.69 Å². The van der Waals surface area contributed by atoms with Crippen LogP contribution in [-0.2, 0) is 0 Å². The fraction of sp³-hybridized carbons (Fsp3) is 0.312. The highest BCUT2D eigenvalue weighted by atomic mass is 19.1. The summed E-state index contributed by atoms with van der Waals surface area (Å²) in [6.45, 7) is 1.22. The van der Waals surface area contributed by atoms with E-state index in [0.717, 1.165) is 24.5 Å². The third-order valence-electron chi connectivity index (χ3n) is 4.10. The van der Waals surface area contributed by atoms with E-state index in [2.05, 4.69) is 15.3 Å². The summed E-state index contributed by atoms with van der Waals surface area (Å²) in [7, 11) is 3.90. The van der Waals surface area contributed by atoms with Crippen molar-refractivity contribution in [2.75, 3.05) is 32.5 Å². The van der Waals surface area contributed by atoms with Gasteiger partial charge in [0.2, 0.25) is 5.88 Å². The molecule has 27 heavy (non-hydrogen) atoms. The molecule has 1 N–H and O–H groups in total. The number of anilines is 1. The molecule has 142 valence electrons. The average Bonchev–Trinajstić information content (AvgIpc) is 2.55. The molecule has 0 aliphatic carbocycles. The van der Waals surface area contributed by atoms with Gasteiger partial charge in [-0.15, -0.1) is 0 Å². The maximum atomic E-state index is 13.9. The Balaban J connectivity index is 1.64. The number of non-ortho nitro benzene ring substituents is 1. The number of likely N-dealkylation sites (N-methyl/N-ethyl adjacent to an activating group) is 1. The summed E-state index contributed by atoms with van der Waals surface area (Å²) < 4.78 is 19.2. The zero-order valence-electron chi connectivity index (χ0n) is 14.6. The number of benzene rings is 1. The monoisotopic (exact) mass is 376 g/mol. The second-order valence-electron chi connectivity index (χ2n) is 6.17. The lowest BCUT2D eigenvalue weighted by Crippen LogP contribution is -2.60. The van der Waals surface area contributed by atoms with Gasteiger partial charge in [0, 0.05) is 31.3 Å². The molecule has 11 heteroatoms. The largest absolute Gasteiger partial charge is 0.436 e. The lowest BCUT2D eigenvalue weighted by atomic mass is 10.1. The quantitative estimate of drug-likeness (QED) is 0.628. The van der Waals surface area contributed by atoms with Crippen molar-refractivity contribution < 1.29 is 18.8 Å². The Morgan fingerprint density at radius 1 is 1.37 bits per heavy atom. The summed E-state index contributed by atoms with van der Waals surface area (Å²) in [5.74, 6) is -0.944. The van der Waals surface area contributed by atoms with Crippen molar-refractivity contribution in [3.63, 3.8) is 0 Å². The summed E-state index contributed by atoms with van der Waals surface area (Å²) in [4.78, 5) is 33.5. The fourth-order valence-electron chi connectivity index (χ4n) is 2.40. The smallest absolute Gasteiger partial charge is 0.323 e. The highest BCUT2D eigenvalue weighted by Crippen LogP contribution is 2.27. The Morgan fingerprint density at radius 2 is 2.11 bits per heavy atom. The van der Waals surface area contributed by atoms with Gasteiger partial charge in [-0.25, -0.2) is 19.2 Å². The van der Waals surface area contributed by atoms with Gasteiger partial charge in [0.15, 0.2) is 11.6 Å². The van der Waals surface area contributed by atoms with Gasteiger partial charge in [0.05, 0.1) is 11.0 Å². The van der Waals surface area contributed by atoms with Crippen LogP contribution in [0.15, 0.2) is 30.6 Å². The highest BCUT2D eigenvalue weighted by Gasteiger charge is 2.32. The SMILES string of the molecule is CN(C)C1CN(C(=O)Nc2cc(Oc3ccc([N+](=O)[O-])cc3F)ncn2)C1. The van der Waals surface area contributed by atoms with Crippen LogP contribution in [0.4, 0.5) is 20.7 Å². The summed E-state index contributed by atoms with van der Waals surface area (Å²) >= 11 is 0. The Morgan fingerprint density at radius 3 is 2.74 bits per heavy atom. The van der Waals surface area contributed by atoms with Crippen molar-refractivity contribution in [2.45, 2.75) is 6.04 Å². The summed E-state index contributed by atoms with van der Waals surface area (Å²) in [6.07, 6.45) is 1.16. The lowest BCUT2D eigenvalue weighted by Gasteiger charge is -2.42. The first-order valence-electron chi connectivity index (χ1n) is 7.99. The number of nitrogens with zero attached hydrogens (tertiary/aromatic N) is 5. The molecule has 3 rings (SSSR count). The molecule has 0 bridgehead atoms. The molecule has 0 spiro atoms. The van der Waals surface area contributed by atoms with Crippen molar-refractivity contribution in [3.8, 4) is 11.6 Å². The van der Waals surface area contributed by atoms with Crippen LogP contribution in [0.5, 0.6) is 11.6 Å². The lowest BCUT2D eigenvalue weighted by molar-refractivity contribution is -0.385. The van der Waals surface area contributed by atoms with E-state index in [1.165, 1.54) is 6.07 Å². The van der Waals surface area contributed by atoms with Crippen molar-refractivity contribution in [1.29, 1.82) is 0 Å². The number of nitro groups is 1. The third-order valence-corrected chi connectivity index (χ3v) is 4.10. The first kappa shape index (κ1) is 18.5. The van der Waals surface area contributed by atoms with E-state index in [9.17, 15) is 19.3 Å². The average molecular weight is 376 g/mol. The molecule has 1 saturated heterocycles. The van der Waals surface area contributed by atoms with Crippen LogP contribution in [-0.4, -0.2) is 63.9 Å². The van der Waals surface area contributed by atoms with E-state index >= 15 is 0 Å². The second-order valence-corrected chi connectivity index (χ2v) is 6.17. The summed E-state index contributed by atoms with van der Waals surface area (Å²) in [5, 5.41) is 13.3. The van der Waals surface area contributed by atoms with Crippen LogP contribution in [0.1, 0.15) is 0 Å². The zero-order chi connectivity index (χ0) is 19.6. The van der Waals surface area contributed by atoms with Gasteiger partial charge in [-0.05, 0) is 20.2 Å². The van der Waals surface area contributed by atoms with Crippen molar-refractivity contribution >= 4 is 17.5 Å². The number of hydrogen-bond acceptors (Lipinski definition) is 7. The van der Waals surface area contributed by atoms with Crippen LogP contribution in [0.3, 0.4) is 0 Å². The minimum absolute atomic E-state index is 0.0113. The van der Waals surface area contributed by atoms with E-state index < -0.39 is 10.7 Å². The van der Waals surface area contributed by atoms with E-state index in [0.29, 0.717) is 19.1 Å². The number of carbonyl (C=O) groups is 1. The summed E-state index contributed by atoms with van der Waals surface area (Å²) in [5.41, 5.74) is -0.388. The number of urea groups is 1. The zero-order valence-corrected chi connectivity index (χ0v) is 14.6. The van der Waals surface area contributed by atoms with Crippen LogP contribution in [0.25, 0.3) is 0 Å². The Labute approximate surface area is 153 Å². The number of amides is 2. The van der Waals surface area contributed by atoms with E-state index in [1.54, 1.807) is 4.90 Å². The number of likely N-dealkylation sites (tertiary alicyclic amines) is 1. The maximum absolute atomic E-state index is 13.9. The normalized spacial score (nSPS) is 14.0. The third kappa shape index (κ3) is 4.26. The Bertz CT molecular complexity index is 872. The predicted octanol–water partition coefficient (Wildman–Crippen LogP) is 2.09. The molecule has 0 atom stereocenters. The van der Waals surface area contributed by atoms with E-state index in [-0.39, 0.29) is 29.2 Å². The number of halogens is 1. The molecule has 0 saturated carbocycles. The molecule has 1 aliphatic rings. The molecule has 10 nitrogen and oxygen atoms in total. The number of hydrogen-bond donors (Lipinski definition) is 1. The molecule has 1 aromatic carbocycles. The van der Waals surface area contributed by atoms with Crippen molar-refractivity contribution in [2.24, 2.45) is 0 Å². The topological polar surface area (TPSA) is 114 Å². The number of nitro benzene ring substituents is 1. The first-order chi connectivity index (χ1) is 12.8. The summed E-state index contributed by atoms with van der Waals surface area (Å²) in [6, 6.07) is 4.36. The van der Waals surface area contributed by atoms with Gasteiger partial charge >= 0.3 is 6.03 Å². The molecule has 2 aromatic rings. The fourth-order valence-corrected chi connectivity index (χ4v) is 2.40. The molecule has 0 unspecified atom stereocenters. The molecule has 1 aliphatic heterocycles. The molecule has 0 radical (unpaired) electrons. The first-order valence-corrected chi connectivity index (χ1v) is 7.99. The number of nitrogens with one attached hydrogen (secondary N) is 1. The van der Waals surface area contributed by atoms with Crippen LogP contribution in [0.2, 0.25) is 0 Å². The highest BCUT2D eigenvalue weighted by molar-refractivity contribution is 5.89. The molecular weight excluding hydrogens is 359 g/mol. The van der Waals surface area contributed by atoms with Gasteiger partial charge in [0.1, 0.15) is 12.1 Å². The van der Waals surface area contributed by atoms with Crippen LogP contribution >= 0.6 is 0 Å². The van der Waals surface area contributed by atoms with Gasteiger partial charge in [-0.3, -0.25) is 15.4 Å². The number of aromatic nitrogens is 2. The predicted molar refractivity (Wildman–Crippen MR) is 93.2 cm³/mol. The van der Waals surface area contributed by atoms with E-state index in [4.69, 9.17) is 4.74 Å². The maximum Gasteiger partial charge on any atom is 0.323 e. The van der Waals surface area contributed by atoms with Crippen LogP contribution < -0.4 is 10.1 Å². The van der Waals surface area contributed by atoms with E-state index in [1.807, 2.05) is 19.0 Å². The Hall–Kier alpha value is -3.34. The number of ether oxygens (including phenoxy) is 1. The minimum atomic E-state index is -0.899. The number of rotatable bonds is 5. The Kier molecular flexibility index (Phi) is 5.12. The second kappa shape index (κ2) is 7.50. The molecule has 1 fully saturated rings. The minimum Gasteiger partial charge on any atom is -0.436 e. The van der Waals surface area contributed by atoms with Crippen molar-refractivity contribution in [3.05, 3.63) is 46.5 Å².